The summed E-state index contributed by atoms with van der Waals surface area (Å²) in [6, 6.07) is 5.99. The highest BCUT2D eigenvalue weighted by Crippen LogP contribution is 2.28. The van der Waals surface area contributed by atoms with Crippen LogP contribution in [-0.2, 0) is 4.79 Å². The molecule has 0 bridgehead atoms. The Labute approximate surface area is 122 Å². The second-order valence-corrected chi connectivity index (χ2v) is 5.51. The number of benzene rings is 1. The number of alkyl halides is 2. The minimum atomic E-state index is -2.86. The lowest BCUT2D eigenvalue weighted by atomic mass is 9.97. The molecule has 6 heteroatoms. The van der Waals surface area contributed by atoms with Crippen LogP contribution in [0.3, 0.4) is 0 Å². The van der Waals surface area contributed by atoms with Gasteiger partial charge in [0.2, 0.25) is 5.91 Å². The Morgan fingerprint density at radius 3 is 2.67 bits per heavy atom. The molecule has 1 fully saturated rings. The smallest absolute Gasteiger partial charge is 0.387 e. The fourth-order valence-electron chi connectivity index (χ4n) is 2.62. The first kappa shape index (κ1) is 15.7. The summed E-state index contributed by atoms with van der Waals surface area (Å²) in [7, 11) is 0. The molecule has 0 aliphatic heterocycles. The van der Waals surface area contributed by atoms with E-state index in [2.05, 4.69) is 10.1 Å². The maximum atomic E-state index is 12.2. The van der Waals surface area contributed by atoms with Gasteiger partial charge in [-0.25, -0.2) is 0 Å². The molecule has 1 aromatic rings. The number of rotatable bonds is 5. The number of nitrogens with one attached hydrogen (secondary N) is 1. The topological polar surface area (TPSA) is 64.4 Å². The monoisotopic (exact) mass is 298 g/mol. The fraction of sp³-hybridized carbons (Fsp3) is 0.533. The second kappa shape index (κ2) is 6.39. The van der Waals surface area contributed by atoms with Gasteiger partial charge in [0.25, 0.3) is 0 Å². The zero-order valence-electron chi connectivity index (χ0n) is 11.9. The van der Waals surface area contributed by atoms with Gasteiger partial charge in [-0.05, 0) is 37.5 Å². The Balaban J connectivity index is 2.02. The van der Waals surface area contributed by atoms with Crippen LogP contribution in [0.2, 0.25) is 0 Å². The first-order valence-electron chi connectivity index (χ1n) is 7.05. The molecule has 1 atom stereocenters. The maximum absolute atomic E-state index is 12.2. The highest BCUT2D eigenvalue weighted by molar-refractivity contribution is 5.86. The van der Waals surface area contributed by atoms with Gasteiger partial charge in [0.1, 0.15) is 5.75 Å². The van der Waals surface area contributed by atoms with E-state index in [0.29, 0.717) is 18.4 Å². The number of carbonyl (C=O) groups is 1. The van der Waals surface area contributed by atoms with Gasteiger partial charge >= 0.3 is 6.61 Å². The molecule has 4 nitrogen and oxygen atoms in total. The molecule has 0 saturated heterocycles. The number of hydrogen-bond acceptors (Lipinski definition) is 3. The minimum Gasteiger partial charge on any atom is -0.435 e. The minimum absolute atomic E-state index is 0.0759. The van der Waals surface area contributed by atoms with E-state index >= 15 is 0 Å². The van der Waals surface area contributed by atoms with Gasteiger partial charge in [-0.15, -0.1) is 0 Å². The summed E-state index contributed by atoms with van der Waals surface area (Å²) >= 11 is 0. The number of ether oxygens (including phenoxy) is 1. The van der Waals surface area contributed by atoms with E-state index in [4.69, 9.17) is 5.73 Å². The van der Waals surface area contributed by atoms with Gasteiger partial charge < -0.3 is 15.8 Å². The van der Waals surface area contributed by atoms with Crippen LogP contribution in [0.1, 0.15) is 44.2 Å². The molecular formula is C15H20F2N2O2. The number of carbonyl (C=O) groups excluding carboxylic acids is 1. The Hall–Kier alpha value is -1.69. The predicted octanol–water partition coefficient (Wildman–Crippen LogP) is 2.74. The molecule has 1 aromatic carbocycles. The van der Waals surface area contributed by atoms with Crippen molar-refractivity contribution in [3.8, 4) is 5.75 Å². The van der Waals surface area contributed by atoms with Crippen LogP contribution in [-0.4, -0.2) is 18.1 Å². The first-order valence-corrected chi connectivity index (χ1v) is 7.05. The van der Waals surface area contributed by atoms with E-state index in [-0.39, 0.29) is 17.7 Å². The van der Waals surface area contributed by atoms with E-state index in [1.54, 1.807) is 19.1 Å². The average Bonchev–Trinajstić information content (AvgIpc) is 2.86. The zero-order chi connectivity index (χ0) is 15.5. The maximum Gasteiger partial charge on any atom is 0.387 e. The van der Waals surface area contributed by atoms with Crippen LogP contribution in [0.25, 0.3) is 0 Å². The Morgan fingerprint density at radius 1 is 1.38 bits per heavy atom. The molecule has 3 N–H and O–H groups in total. The van der Waals surface area contributed by atoms with Gasteiger partial charge in [-0.3, -0.25) is 4.79 Å². The molecule has 1 saturated carbocycles. The fourth-order valence-corrected chi connectivity index (χ4v) is 2.62. The summed E-state index contributed by atoms with van der Waals surface area (Å²) in [5.41, 5.74) is 5.99. The summed E-state index contributed by atoms with van der Waals surface area (Å²) in [4.78, 5) is 12.2. The first-order chi connectivity index (χ1) is 9.90. The molecule has 0 radical (unpaired) electrons. The van der Waals surface area contributed by atoms with Crippen molar-refractivity contribution >= 4 is 5.91 Å². The van der Waals surface area contributed by atoms with Crippen LogP contribution in [0, 0.1) is 0 Å². The summed E-state index contributed by atoms with van der Waals surface area (Å²) in [5.74, 6) is -0.111. The van der Waals surface area contributed by atoms with E-state index in [9.17, 15) is 13.6 Å². The molecular weight excluding hydrogens is 278 g/mol. The number of hydrogen-bond donors (Lipinski definition) is 2. The Bertz CT molecular complexity index is 502. The van der Waals surface area contributed by atoms with Crippen molar-refractivity contribution in [2.24, 2.45) is 5.73 Å². The summed E-state index contributed by atoms with van der Waals surface area (Å²) in [5, 5.41) is 2.85. The molecule has 1 aliphatic carbocycles. The molecule has 1 aliphatic rings. The average molecular weight is 298 g/mol. The van der Waals surface area contributed by atoms with Crippen molar-refractivity contribution < 1.29 is 18.3 Å². The van der Waals surface area contributed by atoms with E-state index in [1.165, 1.54) is 12.1 Å². The van der Waals surface area contributed by atoms with Crippen molar-refractivity contribution in [2.75, 3.05) is 0 Å². The molecule has 116 valence electrons. The van der Waals surface area contributed by atoms with E-state index < -0.39 is 12.2 Å². The van der Waals surface area contributed by atoms with Crippen molar-refractivity contribution in [3.05, 3.63) is 29.8 Å². The number of halogens is 2. The molecule has 0 aromatic heterocycles. The third-order valence-corrected chi connectivity index (χ3v) is 3.88. The predicted molar refractivity (Wildman–Crippen MR) is 75.0 cm³/mol. The molecule has 21 heavy (non-hydrogen) atoms. The number of nitrogens with two attached hydrogens (primary N) is 1. The van der Waals surface area contributed by atoms with Gasteiger partial charge in [-0.2, -0.15) is 8.78 Å². The molecule has 2 rings (SSSR count). The van der Waals surface area contributed by atoms with Crippen LogP contribution in [0.15, 0.2) is 24.3 Å². The van der Waals surface area contributed by atoms with E-state index in [0.717, 1.165) is 12.8 Å². The van der Waals surface area contributed by atoms with Crippen molar-refractivity contribution in [1.29, 1.82) is 0 Å². The van der Waals surface area contributed by atoms with Crippen LogP contribution < -0.4 is 15.8 Å². The summed E-state index contributed by atoms with van der Waals surface area (Å²) in [6.07, 6.45) is 3.27. The molecule has 0 spiro atoms. The van der Waals surface area contributed by atoms with Crippen molar-refractivity contribution in [1.82, 2.24) is 5.32 Å². The highest BCUT2D eigenvalue weighted by Gasteiger charge is 2.37. The Morgan fingerprint density at radius 2 is 2.05 bits per heavy atom. The summed E-state index contributed by atoms with van der Waals surface area (Å²) < 4.78 is 28.8. The quantitative estimate of drug-likeness (QED) is 0.878. The second-order valence-electron chi connectivity index (χ2n) is 5.51. The van der Waals surface area contributed by atoms with Crippen molar-refractivity contribution in [2.45, 2.75) is 50.8 Å². The third-order valence-electron chi connectivity index (χ3n) is 3.88. The van der Waals surface area contributed by atoms with Crippen LogP contribution >= 0.6 is 0 Å². The van der Waals surface area contributed by atoms with Gasteiger partial charge in [0.05, 0.1) is 11.6 Å². The largest absolute Gasteiger partial charge is 0.435 e. The van der Waals surface area contributed by atoms with E-state index in [1.807, 2.05) is 0 Å². The van der Waals surface area contributed by atoms with Gasteiger partial charge in [-0.1, -0.05) is 25.0 Å². The number of amides is 1. The molecule has 1 amide bonds. The Kier molecular flexibility index (Phi) is 4.77. The molecule has 1 unspecified atom stereocenters. The summed E-state index contributed by atoms with van der Waals surface area (Å²) in [6.45, 7) is -1.08. The highest BCUT2D eigenvalue weighted by atomic mass is 19.3. The van der Waals surface area contributed by atoms with Crippen LogP contribution in [0.5, 0.6) is 5.75 Å². The lowest BCUT2D eigenvalue weighted by Gasteiger charge is -2.25. The molecule has 0 heterocycles. The normalized spacial score (nSPS) is 18.5. The lowest BCUT2D eigenvalue weighted by molar-refractivity contribution is -0.126. The van der Waals surface area contributed by atoms with Crippen molar-refractivity contribution in [3.63, 3.8) is 0 Å². The standard InChI is InChI=1S/C15H20F2N2O2/c1-10(19-13(20)15(18)7-2-3-8-15)11-5-4-6-12(9-11)21-14(16)17/h4-6,9-10,14H,2-3,7-8,18H2,1H3,(H,19,20). The van der Waals surface area contributed by atoms with Gasteiger partial charge in [0, 0.05) is 0 Å². The zero-order valence-corrected chi connectivity index (χ0v) is 11.9. The lowest BCUT2D eigenvalue weighted by Crippen LogP contribution is -2.52. The third kappa shape index (κ3) is 3.91. The van der Waals surface area contributed by atoms with Gasteiger partial charge in [0.15, 0.2) is 0 Å². The van der Waals surface area contributed by atoms with Crippen LogP contribution in [0.4, 0.5) is 8.78 Å². The SMILES string of the molecule is CC(NC(=O)C1(N)CCCC1)c1cccc(OC(F)F)c1.